The van der Waals surface area contributed by atoms with Crippen LogP contribution < -0.4 is 15.0 Å². The van der Waals surface area contributed by atoms with Gasteiger partial charge >= 0.3 is 12.2 Å². The molecule has 0 atom stereocenters. The third kappa shape index (κ3) is 4.68. The molecular weight excluding hydrogens is 423 g/mol. The number of methoxy groups -OCH3 is 1. The maximum atomic E-state index is 13.0. The van der Waals surface area contributed by atoms with Crippen LogP contribution in [0, 0.1) is 0 Å². The molecule has 0 saturated carbocycles. The Morgan fingerprint density at radius 1 is 1.09 bits per heavy atom. The fourth-order valence-corrected chi connectivity index (χ4v) is 3.68. The Kier molecular flexibility index (Phi) is 6.02. The molecule has 1 aliphatic rings. The topological polar surface area (TPSA) is 70.6 Å². The van der Waals surface area contributed by atoms with Crippen LogP contribution in [0.4, 0.5) is 29.5 Å². The number of hydrogen-bond donors (Lipinski definition) is 1. The van der Waals surface area contributed by atoms with Gasteiger partial charge in [-0.05, 0) is 36.8 Å². The second-order valence-electron chi connectivity index (χ2n) is 7.39. The van der Waals surface area contributed by atoms with Crippen molar-refractivity contribution in [1.82, 2.24) is 14.9 Å². The van der Waals surface area contributed by atoms with Crippen molar-refractivity contribution in [2.75, 3.05) is 43.5 Å². The zero-order chi connectivity index (χ0) is 22.7. The lowest BCUT2D eigenvalue weighted by atomic mass is 10.2. The lowest BCUT2D eigenvalue weighted by Gasteiger charge is -2.24. The van der Waals surface area contributed by atoms with Crippen LogP contribution >= 0.6 is 0 Å². The Morgan fingerprint density at radius 3 is 2.72 bits per heavy atom. The number of alkyl halides is 3. The number of ether oxygens (including phenoxy) is 1. The summed E-state index contributed by atoms with van der Waals surface area (Å²) >= 11 is 0. The molecule has 3 heterocycles. The molecule has 10 heteroatoms. The van der Waals surface area contributed by atoms with Crippen LogP contribution in [0.15, 0.2) is 48.7 Å². The van der Waals surface area contributed by atoms with Crippen molar-refractivity contribution in [1.29, 1.82) is 0 Å². The molecule has 32 heavy (non-hydrogen) atoms. The van der Waals surface area contributed by atoms with E-state index in [0.29, 0.717) is 55.2 Å². The van der Waals surface area contributed by atoms with Gasteiger partial charge in [-0.25, -0.2) is 14.8 Å². The number of carbonyl (C=O) groups excluding carboxylic acids is 1. The minimum Gasteiger partial charge on any atom is -0.497 e. The Bertz CT molecular complexity index is 1120. The van der Waals surface area contributed by atoms with Gasteiger partial charge in [0.05, 0.1) is 12.6 Å². The number of pyridine rings is 2. The molecule has 3 aromatic rings. The monoisotopic (exact) mass is 445 g/mol. The van der Waals surface area contributed by atoms with Crippen molar-refractivity contribution >= 4 is 28.4 Å². The first-order valence-corrected chi connectivity index (χ1v) is 10.1. The second kappa shape index (κ2) is 8.89. The summed E-state index contributed by atoms with van der Waals surface area (Å²) in [5.74, 6) is 1.22. The molecule has 1 fully saturated rings. The average molecular weight is 445 g/mol. The number of carbonyl (C=O) groups is 1. The van der Waals surface area contributed by atoms with Crippen LogP contribution in [0.2, 0.25) is 0 Å². The number of hydrogen-bond acceptors (Lipinski definition) is 5. The van der Waals surface area contributed by atoms with Gasteiger partial charge in [0.2, 0.25) is 0 Å². The van der Waals surface area contributed by atoms with E-state index in [-0.39, 0.29) is 11.5 Å². The number of anilines is 2. The van der Waals surface area contributed by atoms with Crippen LogP contribution in [0.25, 0.3) is 10.9 Å². The minimum absolute atomic E-state index is 0.220. The van der Waals surface area contributed by atoms with Crippen molar-refractivity contribution in [2.45, 2.75) is 12.6 Å². The number of fused-ring (bicyclic) bond motifs is 1. The highest BCUT2D eigenvalue weighted by atomic mass is 19.4. The maximum Gasteiger partial charge on any atom is 0.433 e. The maximum absolute atomic E-state index is 13.0. The van der Waals surface area contributed by atoms with Crippen LogP contribution in [0.3, 0.4) is 0 Å². The third-order valence-electron chi connectivity index (χ3n) is 5.29. The third-order valence-corrected chi connectivity index (χ3v) is 5.29. The van der Waals surface area contributed by atoms with E-state index in [1.807, 2.05) is 4.90 Å². The van der Waals surface area contributed by atoms with Gasteiger partial charge in [-0.1, -0.05) is 6.07 Å². The molecule has 0 aliphatic carbocycles. The summed E-state index contributed by atoms with van der Waals surface area (Å²) in [6, 6.07) is 10.7. The summed E-state index contributed by atoms with van der Waals surface area (Å²) in [5, 5.41) is 3.43. The Labute approximate surface area is 182 Å². The Hall–Kier alpha value is -3.56. The Balaban J connectivity index is 1.48. The van der Waals surface area contributed by atoms with Gasteiger partial charge in [0, 0.05) is 49.5 Å². The van der Waals surface area contributed by atoms with E-state index in [4.69, 9.17) is 4.74 Å². The van der Waals surface area contributed by atoms with Crippen molar-refractivity contribution in [3.05, 3.63) is 54.4 Å². The van der Waals surface area contributed by atoms with Gasteiger partial charge in [-0.3, -0.25) is 0 Å². The van der Waals surface area contributed by atoms with Gasteiger partial charge in [0.15, 0.2) is 0 Å². The van der Waals surface area contributed by atoms with Crippen LogP contribution in [-0.4, -0.2) is 54.2 Å². The normalized spacial score (nSPS) is 14.9. The number of nitrogens with one attached hydrogen (secondary N) is 1. The minimum atomic E-state index is -4.50. The number of amides is 2. The van der Waals surface area contributed by atoms with E-state index in [1.165, 1.54) is 18.3 Å². The number of urea groups is 1. The zero-order valence-corrected chi connectivity index (χ0v) is 17.4. The summed E-state index contributed by atoms with van der Waals surface area (Å²) in [6.45, 7) is 2.12. The van der Waals surface area contributed by atoms with Gasteiger partial charge in [0.1, 0.15) is 17.3 Å². The first kappa shape index (κ1) is 21.7. The van der Waals surface area contributed by atoms with Gasteiger partial charge in [-0.2, -0.15) is 13.2 Å². The molecule has 168 valence electrons. The largest absolute Gasteiger partial charge is 0.497 e. The highest BCUT2D eigenvalue weighted by Crippen LogP contribution is 2.31. The van der Waals surface area contributed by atoms with Crippen molar-refractivity contribution in [3.8, 4) is 5.75 Å². The standard InChI is InChI=1S/C22H22F3N5O2/c1-32-16-5-2-4-15(14-16)27-21(31)30-11-3-10-29(12-13-30)20-17-6-7-19(22(23,24)25)28-18(17)8-9-26-20/h2,4-9,14H,3,10-13H2,1H3,(H,27,31). The van der Waals surface area contributed by atoms with E-state index < -0.39 is 11.9 Å². The molecule has 1 aliphatic heterocycles. The SMILES string of the molecule is COc1cccc(NC(=O)N2CCCN(c3nccc4nc(C(F)(F)F)ccc34)CC2)c1. The summed E-state index contributed by atoms with van der Waals surface area (Å²) in [5.41, 5.74) is -0.0576. The first-order chi connectivity index (χ1) is 15.3. The molecule has 2 amide bonds. The molecule has 1 aromatic carbocycles. The number of nitrogens with zero attached hydrogens (tertiary/aromatic N) is 4. The molecule has 4 rings (SSSR count). The smallest absolute Gasteiger partial charge is 0.433 e. The predicted molar refractivity (Wildman–Crippen MR) is 115 cm³/mol. The predicted octanol–water partition coefficient (Wildman–Crippen LogP) is 4.40. The van der Waals surface area contributed by atoms with E-state index in [1.54, 1.807) is 36.3 Å². The summed E-state index contributed by atoms with van der Waals surface area (Å²) in [7, 11) is 1.56. The second-order valence-corrected chi connectivity index (χ2v) is 7.39. The lowest BCUT2D eigenvalue weighted by Crippen LogP contribution is -2.38. The van der Waals surface area contributed by atoms with E-state index in [9.17, 15) is 18.0 Å². The molecule has 0 spiro atoms. The number of halogens is 3. The molecule has 0 radical (unpaired) electrons. The van der Waals surface area contributed by atoms with Crippen LogP contribution in [-0.2, 0) is 6.18 Å². The van der Waals surface area contributed by atoms with Gasteiger partial charge in [-0.15, -0.1) is 0 Å². The number of benzene rings is 1. The molecular formula is C22H22F3N5O2. The zero-order valence-electron chi connectivity index (χ0n) is 17.4. The fourth-order valence-electron chi connectivity index (χ4n) is 3.68. The molecule has 1 N–H and O–H groups in total. The van der Waals surface area contributed by atoms with E-state index in [0.717, 1.165) is 6.07 Å². The summed E-state index contributed by atoms with van der Waals surface area (Å²) < 4.78 is 44.2. The van der Waals surface area contributed by atoms with Crippen molar-refractivity contribution in [2.24, 2.45) is 0 Å². The van der Waals surface area contributed by atoms with E-state index >= 15 is 0 Å². The lowest BCUT2D eigenvalue weighted by molar-refractivity contribution is -0.140. The molecule has 0 bridgehead atoms. The summed E-state index contributed by atoms with van der Waals surface area (Å²) in [4.78, 5) is 24.6. The first-order valence-electron chi connectivity index (χ1n) is 10.1. The quantitative estimate of drug-likeness (QED) is 0.647. The summed E-state index contributed by atoms with van der Waals surface area (Å²) in [6.07, 6.45) is -2.35. The van der Waals surface area contributed by atoms with Crippen LogP contribution in [0.5, 0.6) is 5.75 Å². The van der Waals surface area contributed by atoms with E-state index in [2.05, 4.69) is 15.3 Å². The van der Waals surface area contributed by atoms with Gasteiger partial charge < -0.3 is 19.9 Å². The van der Waals surface area contributed by atoms with Crippen molar-refractivity contribution in [3.63, 3.8) is 0 Å². The average Bonchev–Trinajstić information content (AvgIpc) is 3.04. The Morgan fingerprint density at radius 2 is 1.94 bits per heavy atom. The van der Waals surface area contributed by atoms with Crippen LogP contribution in [0.1, 0.15) is 12.1 Å². The fraction of sp³-hybridized carbons (Fsp3) is 0.318. The van der Waals surface area contributed by atoms with Crippen molar-refractivity contribution < 1.29 is 22.7 Å². The molecule has 1 saturated heterocycles. The number of rotatable bonds is 3. The number of aromatic nitrogens is 2. The highest BCUT2D eigenvalue weighted by molar-refractivity contribution is 5.90. The molecule has 0 unspecified atom stereocenters. The highest BCUT2D eigenvalue weighted by Gasteiger charge is 2.32. The molecule has 2 aromatic heterocycles. The molecule has 7 nitrogen and oxygen atoms in total. The van der Waals surface area contributed by atoms with Gasteiger partial charge in [0.25, 0.3) is 0 Å².